The highest BCUT2D eigenvalue weighted by atomic mass is 32.1. The molecule has 0 N–H and O–H groups in total. The summed E-state index contributed by atoms with van der Waals surface area (Å²) in [6.45, 7) is 4.70. The average molecular weight is 608 g/mol. The first kappa shape index (κ1) is 25.9. The average Bonchev–Trinajstić information content (AvgIpc) is 3.71. The predicted molar refractivity (Wildman–Crippen MR) is 196 cm³/mol. The van der Waals surface area contributed by atoms with E-state index in [1.807, 2.05) is 23.5 Å². The molecule has 0 saturated carbocycles. The zero-order valence-electron chi connectivity index (χ0n) is 25.5. The molecule has 9 aromatic rings. The highest BCUT2D eigenvalue weighted by Gasteiger charge is 2.37. The molecule has 0 amide bonds. The van der Waals surface area contributed by atoms with E-state index < -0.39 is 0 Å². The van der Waals surface area contributed by atoms with Crippen molar-refractivity contribution < 1.29 is 4.42 Å². The van der Waals surface area contributed by atoms with Crippen molar-refractivity contribution in [1.82, 2.24) is 0 Å². The molecule has 218 valence electrons. The minimum absolute atomic E-state index is 0.0888. The standard InChI is InChI=1S/C43H29NOS/c1-43(2)35-13-6-3-12-32(35)42-36(43)14-9-15-37(42)44(29-20-21-39-33(25-29)30-10-4-7-16-38(30)45-39)28-19-18-26-23-34-31-11-5-8-17-40(31)46-41(34)24-27(26)22-28/h3-25H,1-2H3. The molecule has 2 nitrogen and oxygen atoms in total. The molecule has 2 aromatic heterocycles. The van der Waals surface area contributed by atoms with Crippen molar-refractivity contribution in [2.75, 3.05) is 4.90 Å². The van der Waals surface area contributed by atoms with Gasteiger partial charge in [-0.05, 0) is 88.1 Å². The number of nitrogens with zero attached hydrogens (tertiary/aromatic N) is 1. The van der Waals surface area contributed by atoms with Gasteiger partial charge in [0, 0.05) is 53.3 Å². The summed E-state index contributed by atoms with van der Waals surface area (Å²) in [4.78, 5) is 2.45. The van der Waals surface area contributed by atoms with Crippen LogP contribution in [0.1, 0.15) is 25.0 Å². The Balaban J connectivity index is 1.25. The second-order valence-electron chi connectivity index (χ2n) is 13.0. The van der Waals surface area contributed by atoms with Crippen molar-refractivity contribution in [2.24, 2.45) is 0 Å². The van der Waals surface area contributed by atoms with Crippen molar-refractivity contribution in [2.45, 2.75) is 19.3 Å². The lowest BCUT2D eigenvalue weighted by Gasteiger charge is -2.29. The topological polar surface area (TPSA) is 16.4 Å². The van der Waals surface area contributed by atoms with E-state index in [9.17, 15) is 0 Å². The number of fused-ring (bicyclic) bond motifs is 10. The number of para-hydroxylation sites is 1. The Bertz CT molecular complexity index is 2690. The highest BCUT2D eigenvalue weighted by molar-refractivity contribution is 7.25. The number of rotatable bonds is 3. The van der Waals surface area contributed by atoms with Gasteiger partial charge in [0.2, 0.25) is 0 Å². The van der Waals surface area contributed by atoms with Gasteiger partial charge >= 0.3 is 0 Å². The summed E-state index contributed by atoms with van der Waals surface area (Å²) < 4.78 is 8.90. The molecular weight excluding hydrogens is 579 g/mol. The monoisotopic (exact) mass is 607 g/mol. The number of hydrogen-bond acceptors (Lipinski definition) is 3. The maximum atomic E-state index is 6.25. The molecule has 0 fully saturated rings. The summed E-state index contributed by atoms with van der Waals surface area (Å²) in [5.74, 6) is 0. The van der Waals surface area contributed by atoms with Crippen LogP contribution in [0.25, 0.3) is 64.0 Å². The molecule has 2 heterocycles. The van der Waals surface area contributed by atoms with E-state index in [1.54, 1.807) is 0 Å². The zero-order chi connectivity index (χ0) is 30.6. The predicted octanol–water partition coefficient (Wildman–Crippen LogP) is 12.9. The second-order valence-corrected chi connectivity index (χ2v) is 14.0. The molecule has 10 rings (SSSR count). The van der Waals surface area contributed by atoms with Crippen LogP contribution >= 0.6 is 11.3 Å². The van der Waals surface area contributed by atoms with Crippen molar-refractivity contribution >= 4 is 81.3 Å². The molecule has 0 aliphatic heterocycles. The maximum Gasteiger partial charge on any atom is 0.135 e. The van der Waals surface area contributed by atoms with Gasteiger partial charge in [-0.3, -0.25) is 0 Å². The summed E-state index contributed by atoms with van der Waals surface area (Å²) in [6.07, 6.45) is 0. The van der Waals surface area contributed by atoms with E-state index in [4.69, 9.17) is 4.42 Å². The quantitative estimate of drug-likeness (QED) is 0.199. The van der Waals surface area contributed by atoms with Crippen LogP contribution in [0, 0.1) is 0 Å². The number of benzene rings is 7. The summed E-state index contributed by atoms with van der Waals surface area (Å²) in [5.41, 5.74) is 10.5. The van der Waals surface area contributed by atoms with Gasteiger partial charge in [-0.1, -0.05) is 92.7 Å². The minimum Gasteiger partial charge on any atom is -0.456 e. The Morgan fingerprint density at radius 1 is 0.522 bits per heavy atom. The fraction of sp³-hybridized carbons (Fsp3) is 0.0698. The summed E-state index contributed by atoms with van der Waals surface area (Å²) in [7, 11) is 0. The second kappa shape index (κ2) is 9.32. The Hall–Kier alpha value is -5.38. The number of thiophene rings is 1. The lowest BCUT2D eigenvalue weighted by atomic mass is 9.82. The number of hydrogen-bond donors (Lipinski definition) is 0. The third-order valence-electron chi connectivity index (χ3n) is 10.0. The van der Waals surface area contributed by atoms with Crippen LogP contribution < -0.4 is 4.90 Å². The van der Waals surface area contributed by atoms with Gasteiger partial charge in [-0.15, -0.1) is 11.3 Å². The van der Waals surface area contributed by atoms with E-state index in [1.165, 1.54) is 58.9 Å². The lowest BCUT2D eigenvalue weighted by molar-refractivity contribution is 0.660. The van der Waals surface area contributed by atoms with E-state index in [0.29, 0.717) is 0 Å². The summed E-state index contributed by atoms with van der Waals surface area (Å²) in [6, 6.07) is 51.1. The number of anilines is 3. The van der Waals surface area contributed by atoms with Crippen molar-refractivity contribution in [3.05, 3.63) is 151 Å². The highest BCUT2D eigenvalue weighted by Crippen LogP contribution is 2.54. The van der Waals surface area contributed by atoms with Crippen LogP contribution in [-0.4, -0.2) is 0 Å². The normalized spacial score (nSPS) is 13.6. The van der Waals surface area contributed by atoms with Gasteiger partial charge in [0.05, 0.1) is 5.69 Å². The first-order valence-electron chi connectivity index (χ1n) is 15.8. The number of furan rings is 1. The molecule has 1 aliphatic rings. The van der Waals surface area contributed by atoms with E-state index in [0.717, 1.165) is 33.3 Å². The molecule has 0 saturated heterocycles. The molecule has 3 heteroatoms. The Kier molecular flexibility index (Phi) is 5.25. The molecule has 1 aliphatic carbocycles. The Morgan fingerprint density at radius 3 is 2.20 bits per heavy atom. The van der Waals surface area contributed by atoms with Crippen LogP contribution in [0.5, 0.6) is 0 Å². The van der Waals surface area contributed by atoms with Crippen LogP contribution in [0.2, 0.25) is 0 Å². The first-order chi connectivity index (χ1) is 22.5. The zero-order valence-corrected chi connectivity index (χ0v) is 26.4. The largest absolute Gasteiger partial charge is 0.456 e. The lowest BCUT2D eigenvalue weighted by Crippen LogP contribution is -2.16. The molecule has 0 bridgehead atoms. The summed E-state index contributed by atoms with van der Waals surface area (Å²) >= 11 is 1.87. The minimum atomic E-state index is -0.0888. The van der Waals surface area contributed by atoms with E-state index >= 15 is 0 Å². The molecular formula is C43H29NOS. The third kappa shape index (κ3) is 3.58. The fourth-order valence-electron chi connectivity index (χ4n) is 7.80. The molecule has 46 heavy (non-hydrogen) atoms. The van der Waals surface area contributed by atoms with Crippen molar-refractivity contribution in [3.63, 3.8) is 0 Å². The van der Waals surface area contributed by atoms with Crippen LogP contribution in [0.15, 0.2) is 144 Å². The summed E-state index contributed by atoms with van der Waals surface area (Å²) in [5, 5.41) is 7.41. The van der Waals surface area contributed by atoms with Crippen molar-refractivity contribution in [3.8, 4) is 11.1 Å². The smallest absolute Gasteiger partial charge is 0.135 e. The van der Waals surface area contributed by atoms with E-state index in [-0.39, 0.29) is 5.41 Å². The Labute approximate surface area is 270 Å². The molecule has 7 aromatic carbocycles. The van der Waals surface area contributed by atoms with Crippen molar-refractivity contribution in [1.29, 1.82) is 0 Å². The maximum absolute atomic E-state index is 6.25. The molecule has 0 spiro atoms. The van der Waals surface area contributed by atoms with Gasteiger partial charge < -0.3 is 9.32 Å². The fourth-order valence-corrected chi connectivity index (χ4v) is 8.93. The Morgan fingerprint density at radius 2 is 1.26 bits per heavy atom. The van der Waals surface area contributed by atoms with Crippen LogP contribution in [-0.2, 0) is 5.41 Å². The van der Waals surface area contributed by atoms with Gasteiger partial charge in [0.15, 0.2) is 0 Å². The molecule has 0 radical (unpaired) electrons. The molecule has 0 atom stereocenters. The van der Waals surface area contributed by atoms with Crippen LogP contribution in [0.3, 0.4) is 0 Å². The van der Waals surface area contributed by atoms with Gasteiger partial charge in [-0.2, -0.15) is 0 Å². The third-order valence-corrected chi connectivity index (χ3v) is 11.2. The van der Waals surface area contributed by atoms with Gasteiger partial charge in [-0.25, -0.2) is 0 Å². The van der Waals surface area contributed by atoms with Gasteiger partial charge in [0.1, 0.15) is 11.2 Å². The SMILES string of the molecule is CC1(C)c2ccccc2-c2c(N(c3ccc4cc5c(cc4c3)sc3ccccc35)c3ccc4oc5ccccc5c4c3)cccc21. The first-order valence-corrected chi connectivity index (χ1v) is 16.7. The van der Waals surface area contributed by atoms with Gasteiger partial charge in [0.25, 0.3) is 0 Å². The van der Waals surface area contributed by atoms with Crippen LogP contribution in [0.4, 0.5) is 17.1 Å². The molecule has 0 unspecified atom stereocenters. The van der Waals surface area contributed by atoms with E-state index in [2.05, 4.69) is 146 Å².